The Balaban J connectivity index is 4.18. The molecule has 2 N–H and O–H groups in total. The number of rotatable bonds is 5. The fourth-order valence-corrected chi connectivity index (χ4v) is 0.941. The van der Waals surface area contributed by atoms with E-state index in [2.05, 4.69) is 5.32 Å². The minimum atomic E-state index is -1.05. The number of aliphatic carboxylic acids is 1. The molecule has 1 unspecified atom stereocenters. The van der Waals surface area contributed by atoms with E-state index in [1.54, 1.807) is 20.8 Å². The molecule has 0 radical (unpaired) electrons. The third-order valence-corrected chi connectivity index (χ3v) is 2.09. The minimum absolute atomic E-state index is 0.174. The van der Waals surface area contributed by atoms with Crippen molar-refractivity contribution in [2.75, 3.05) is 0 Å². The molecule has 0 bridgehead atoms. The summed E-state index contributed by atoms with van der Waals surface area (Å²) in [5.74, 6) is -1.22. The topological polar surface area (TPSA) is 75.6 Å². The van der Waals surface area contributed by atoms with Gasteiger partial charge in [0.25, 0.3) is 0 Å². The van der Waals surface area contributed by atoms with Gasteiger partial charge < -0.3 is 15.2 Å². The molecule has 0 fully saturated rings. The van der Waals surface area contributed by atoms with Gasteiger partial charge in [0.15, 0.2) is 0 Å². The fraction of sp³-hybridized carbons (Fsp3) is 0.800. The highest BCUT2D eigenvalue weighted by atomic mass is 16.6. The second-order valence-corrected chi connectivity index (χ2v) is 3.83. The van der Waals surface area contributed by atoms with Gasteiger partial charge in [-0.1, -0.05) is 20.8 Å². The number of ether oxygens (including phenoxy) is 1. The van der Waals surface area contributed by atoms with E-state index in [9.17, 15) is 9.59 Å². The molecule has 88 valence electrons. The molecule has 0 aromatic heterocycles. The van der Waals surface area contributed by atoms with Crippen LogP contribution in [0.4, 0.5) is 4.79 Å². The summed E-state index contributed by atoms with van der Waals surface area (Å²) in [4.78, 5) is 22.0. The highest BCUT2D eigenvalue weighted by molar-refractivity contribution is 5.80. The molecule has 0 aliphatic heterocycles. The van der Waals surface area contributed by atoms with Gasteiger partial charge in [0.05, 0.1) is 0 Å². The molecule has 0 rings (SSSR count). The molecule has 1 amide bonds. The Hall–Kier alpha value is -1.26. The van der Waals surface area contributed by atoms with Crippen molar-refractivity contribution in [3.05, 3.63) is 0 Å². The number of hydrogen-bond donors (Lipinski definition) is 2. The largest absolute Gasteiger partial charge is 0.480 e. The molecule has 0 spiro atoms. The van der Waals surface area contributed by atoms with E-state index in [-0.39, 0.29) is 12.0 Å². The van der Waals surface area contributed by atoms with Crippen LogP contribution in [0.3, 0.4) is 0 Å². The number of carbonyl (C=O) groups is 2. The Kier molecular flexibility index (Phi) is 5.74. The summed E-state index contributed by atoms with van der Waals surface area (Å²) >= 11 is 0. The summed E-state index contributed by atoms with van der Waals surface area (Å²) in [6.45, 7) is 7.09. The van der Waals surface area contributed by atoms with Crippen molar-refractivity contribution in [2.45, 2.75) is 46.3 Å². The predicted octanol–water partition coefficient (Wildman–Crippen LogP) is 1.62. The van der Waals surface area contributed by atoms with Crippen LogP contribution in [0, 0.1) is 5.92 Å². The van der Waals surface area contributed by atoms with Crippen molar-refractivity contribution in [3.63, 3.8) is 0 Å². The molecule has 0 aliphatic rings. The second-order valence-electron chi connectivity index (χ2n) is 3.83. The zero-order valence-corrected chi connectivity index (χ0v) is 9.61. The monoisotopic (exact) mass is 217 g/mol. The van der Waals surface area contributed by atoms with Crippen molar-refractivity contribution in [2.24, 2.45) is 5.92 Å². The van der Waals surface area contributed by atoms with Gasteiger partial charge in [0.1, 0.15) is 12.1 Å². The smallest absolute Gasteiger partial charge is 0.408 e. The summed E-state index contributed by atoms with van der Waals surface area (Å²) in [5, 5.41) is 11.1. The van der Waals surface area contributed by atoms with Crippen LogP contribution in [0.15, 0.2) is 0 Å². The molecule has 0 aromatic rings. The maximum absolute atomic E-state index is 11.2. The van der Waals surface area contributed by atoms with Crippen LogP contribution in [-0.4, -0.2) is 29.3 Å². The first kappa shape index (κ1) is 13.7. The van der Waals surface area contributed by atoms with Gasteiger partial charge in [-0.2, -0.15) is 0 Å². The summed E-state index contributed by atoms with van der Waals surface area (Å²) < 4.78 is 4.92. The fourth-order valence-electron chi connectivity index (χ4n) is 0.941. The number of amides is 1. The summed E-state index contributed by atoms with van der Waals surface area (Å²) in [7, 11) is 0. The Labute approximate surface area is 89.8 Å². The van der Waals surface area contributed by atoms with E-state index < -0.39 is 18.1 Å². The Bertz CT molecular complexity index is 227. The first-order valence-corrected chi connectivity index (χ1v) is 5.08. The predicted molar refractivity (Wildman–Crippen MR) is 55.6 cm³/mol. The zero-order chi connectivity index (χ0) is 12.0. The van der Waals surface area contributed by atoms with Gasteiger partial charge in [-0.05, 0) is 19.3 Å². The SMILES string of the molecule is CCC(C)OC(=O)N[C@H](C(=O)O)C(C)C. The number of nitrogens with one attached hydrogen (secondary N) is 1. The normalized spacial score (nSPS) is 14.5. The van der Waals surface area contributed by atoms with Crippen LogP contribution in [0.25, 0.3) is 0 Å². The average Bonchev–Trinajstić information content (AvgIpc) is 2.12. The van der Waals surface area contributed by atoms with E-state index in [0.717, 1.165) is 0 Å². The van der Waals surface area contributed by atoms with Crippen molar-refractivity contribution in [1.29, 1.82) is 0 Å². The van der Waals surface area contributed by atoms with Gasteiger partial charge >= 0.3 is 12.1 Å². The summed E-state index contributed by atoms with van der Waals surface area (Å²) in [6.07, 6.45) is -0.176. The number of hydrogen-bond acceptors (Lipinski definition) is 3. The zero-order valence-electron chi connectivity index (χ0n) is 9.61. The summed E-state index contributed by atoms with van der Waals surface area (Å²) in [6, 6.07) is -0.901. The minimum Gasteiger partial charge on any atom is -0.480 e. The highest BCUT2D eigenvalue weighted by Gasteiger charge is 2.24. The van der Waals surface area contributed by atoms with Gasteiger partial charge in [-0.15, -0.1) is 0 Å². The van der Waals surface area contributed by atoms with E-state index in [1.165, 1.54) is 0 Å². The molecule has 5 heteroatoms. The van der Waals surface area contributed by atoms with Crippen LogP contribution in [0.5, 0.6) is 0 Å². The first-order chi connectivity index (χ1) is 6.88. The number of carboxylic acid groups (broad SMARTS) is 1. The Morgan fingerprint density at radius 1 is 1.33 bits per heavy atom. The second kappa shape index (κ2) is 6.27. The number of carboxylic acids is 1. The number of carbonyl (C=O) groups excluding carboxylic acids is 1. The molecule has 2 atom stereocenters. The van der Waals surface area contributed by atoms with Crippen LogP contribution in [-0.2, 0) is 9.53 Å². The average molecular weight is 217 g/mol. The van der Waals surface area contributed by atoms with Crippen molar-refractivity contribution < 1.29 is 19.4 Å². The molecular formula is C10H19NO4. The van der Waals surface area contributed by atoms with E-state index in [1.807, 2.05) is 6.92 Å². The Morgan fingerprint density at radius 2 is 1.87 bits per heavy atom. The molecule has 0 saturated heterocycles. The van der Waals surface area contributed by atoms with Gasteiger partial charge in [-0.3, -0.25) is 0 Å². The molecular weight excluding hydrogens is 198 g/mol. The van der Waals surface area contributed by atoms with Gasteiger partial charge in [0, 0.05) is 0 Å². The van der Waals surface area contributed by atoms with Gasteiger partial charge in [0.2, 0.25) is 0 Å². The molecule has 0 saturated carbocycles. The quantitative estimate of drug-likeness (QED) is 0.733. The van der Waals surface area contributed by atoms with E-state index in [0.29, 0.717) is 6.42 Å². The highest BCUT2D eigenvalue weighted by Crippen LogP contribution is 2.03. The lowest BCUT2D eigenvalue weighted by atomic mass is 10.1. The van der Waals surface area contributed by atoms with Gasteiger partial charge in [-0.25, -0.2) is 9.59 Å². The maximum atomic E-state index is 11.2. The molecule has 0 aliphatic carbocycles. The molecule has 5 nitrogen and oxygen atoms in total. The summed E-state index contributed by atoms with van der Waals surface area (Å²) in [5.41, 5.74) is 0. The van der Waals surface area contributed by atoms with Crippen LogP contribution in [0.1, 0.15) is 34.1 Å². The maximum Gasteiger partial charge on any atom is 0.408 e. The lowest BCUT2D eigenvalue weighted by molar-refractivity contribution is -0.140. The molecule has 0 aromatic carbocycles. The van der Waals surface area contributed by atoms with Crippen molar-refractivity contribution in [1.82, 2.24) is 5.32 Å². The van der Waals surface area contributed by atoms with Crippen LogP contribution < -0.4 is 5.32 Å². The number of alkyl carbamates (subject to hydrolysis) is 1. The van der Waals surface area contributed by atoms with E-state index >= 15 is 0 Å². The van der Waals surface area contributed by atoms with Crippen molar-refractivity contribution >= 4 is 12.1 Å². The van der Waals surface area contributed by atoms with Crippen LogP contribution >= 0.6 is 0 Å². The Morgan fingerprint density at radius 3 is 2.20 bits per heavy atom. The standard InChI is InChI=1S/C10H19NO4/c1-5-7(4)15-10(14)11-8(6(2)3)9(12)13/h6-8H,5H2,1-4H3,(H,11,14)(H,12,13)/t7?,8-/m0/s1. The molecule has 15 heavy (non-hydrogen) atoms. The van der Waals surface area contributed by atoms with E-state index in [4.69, 9.17) is 9.84 Å². The third kappa shape index (κ3) is 5.24. The van der Waals surface area contributed by atoms with Crippen molar-refractivity contribution in [3.8, 4) is 0 Å². The molecule has 0 heterocycles. The third-order valence-electron chi connectivity index (χ3n) is 2.09. The lowest BCUT2D eigenvalue weighted by Gasteiger charge is -2.19. The first-order valence-electron chi connectivity index (χ1n) is 5.08. The lowest BCUT2D eigenvalue weighted by Crippen LogP contribution is -2.45. The van der Waals surface area contributed by atoms with Crippen LogP contribution in [0.2, 0.25) is 0 Å².